The van der Waals surface area contributed by atoms with Gasteiger partial charge in [0, 0.05) is 45.4 Å². The highest BCUT2D eigenvalue weighted by atomic mass is 15.2. The summed E-state index contributed by atoms with van der Waals surface area (Å²) < 4.78 is 2.46. The van der Waals surface area contributed by atoms with Crippen LogP contribution < -0.4 is 4.90 Å². The standard InChI is InChI=1S/C60H46N2/c1-5-15-43(16-6-1)47-29-35-53(36-30-47)61(52-21-11-4-12-22-52)54-37-31-48(32-38-54)46-25-27-49(28-26-46)55-23-13-14-24-58(55)62-59-41-50(44-17-7-2-8-18-44)33-39-56(59)57-40-34-51(42-60(57)62)45-19-9-3-10-20-45/h1-3,5-11,15-19,21-29,31-35,37-42,45H,4,12,20,30,36H2. The molecule has 62 heavy (non-hydrogen) atoms. The minimum Gasteiger partial charge on any atom is -0.315 e. The van der Waals surface area contributed by atoms with Crippen molar-refractivity contribution in [1.82, 2.24) is 4.57 Å². The van der Waals surface area contributed by atoms with Crippen molar-refractivity contribution in [2.45, 2.75) is 38.0 Å². The highest BCUT2D eigenvalue weighted by Crippen LogP contribution is 2.41. The molecule has 0 saturated heterocycles. The van der Waals surface area contributed by atoms with E-state index in [1.165, 1.54) is 77.8 Å². The molecule has 1 aromatic heterocycles. The second-order valence-corrected chi connectivity index (χ2v) is 16.5. The van der Waals surface area contributed by atoms with Crippen LogP contribution in [-0.4, -0.2) is 4.57 Å². The number of benzene rings is 6. The maximum Gasteiger partial charge on any atom is 0.0630 e. The zero-order chi connectivity index (χ0) is 41.2. The molecule has 1 atom stereocenters. The summed E-state index contributed by atoms with van der Waals surface area (Å²) in [5.41, 5.74) is 25.0. The molecule has 7 aromatic rings. The van der Waals surface area contributed by atoms with Crippen LogP contribution in [0.2, 0.25) is 0 Å². The van der Waals surface area contributed by atoms with Crippen LogP contribution in [0.25, 0.3) is 60.9 Å². The van der Waals surface area contributed by atoms with E-state index in [0.717, 1.165) is 48.9 Å². The lowest BCUT2D eigenvalue weighted by molar-refractivity contribution is 0.855. The fraction of sp³-hybridized carbons (Fsp3) is 0.100. The Balaban J connectivity index is 0.953. The molecule has 0 fully saturated rings. The van der Waals surface area contributed by atoms with Gasteiger partial charge < -0.3 is 9.47 Å². The molecule has 4 aliphatic rings. The third kappa shape index (κ3) is 7.12. The van der Waals surface area contributed by atoms with Gasteiger partial charge in [-0.3, -0.25) is 0 Å². The van der Waals surface area contributed by atoms with Gasteiger partial charge in [0.2, 0.25) is 0 Å². The Morgan fingerprint density at radius 1 is 0.548 bits per heavy atom. The first-order valence-electron chi connectivity index (χ1n) is 22.0. The monoisotopic (exact) mass is 794 g/mol. The predicted octanol–water partition coefficient (Wildman–Crippen LogP) is 15.8. The molecule has 11 rings (SSSR count). The van der Waals surface area contributed by atoms with E-state index in [1.807, 2.05) is 0 Å². The molecule has 2 heteroatoms. The Kier molecular flexibility index (Phi) is 9.93. The van der Waals surface area contributed by atoms with Crippen LogP contribution in [0.15, 0.2) is 235 Å². The third-order valence-electron chi connectivity index (χ3n) is 12.8. The lowest BCUT2D eigenvalue weighted by Crippen LogP contribution is -2.22. The third-order valence-corrected chi connectivity index (χ3v) is 12.8. The first-order valence-corrected chi connectivity index (χ1v) is 22.0. The van der Waals surface area contributed by atoms with Gasteiger partial charge in [-0.2, -0.15) is 0 Å². The van der Waals surface area contributed by atoms with Gasteiger partial charge in [-0.25, -0.2) is 0 Å². The van der Waals surface area contributed by atoms with E-state index in [1.54, 1.807) is 0 Å². The maximum absolute atomic E-state index is 3.34. The first kappa shape index (κ1) is 37.4. The molecular formula is C60H46N2. The van der Waals surface area contributed by atoms with Gasteiger partial charge in [-0.15, -0.1) is 0 Å². The summed E-state index contributed by atoms with van der Waals surface area (Å²) >= 11 is 0. The second-order valence-electron chi connectivity index (χ2n) is 16.5. The molecule has 6 aromatic carbocycles. The van der Waals surface area contributed by atoms with Crippen molar-refractivity contribution < 1.29 is 0 Å². The lowest BCUT2D eigenvalue weighted by Gasteiger charge is -2.31. The van der Waals surface area contributed by atoms with Crippen LogP contribution in [0, 0.1) is 0 Å². The van der Waals surface area contributed by atoms with Crippen LogP contribution in [-0.2, 0) is 0 Å². The van der Waals surface area contributed by atoms with Gasteiger partial charge in [0.15, 0.2) is 0 Å². The molecule has 0 N–H and O–H groups in total. The first-order chi connectivity index (χ1) is 30.7. The Bertz CT molecular complexity index is 3180. The average molecular weight is 795 g/mol. The van der Waals surface area contributed by atoms with E-state index >= 15 is 0 Å². The summed E-state index contributed by atoms with van der Waals surface area (Å²) in [5.74, 6) is 0.353. The van der Waals surface area contributed by atoms with Crippen molar-refractivity contribution >= 4 is 44.3 Å². The van der Waals surface area contributed by atoms with Crippen molar-refractivity contribution in [3.63, 3.8) is 0 Å². The Labute approximate surface area is 364 Å². The van der Waals surface area contributed by atoms with Gasteiger partial charge in [0.05, 0.1) is 16.7 Å². The van der Waals surface area contributed by atoms with E-state index in [-0.39, 0.29) is 0 Å². The summed E-state index contributed by atoms with van der Waals surface area (Å²) in [4.78, 5) is 2.45. The van der Waals surface area contributed by atoms with E-state index in [9.17, 15) is 0 Å². The Morgan fingerprint density at radius 2 is 1.23 bits per heavy atom. The Hall–Kier alpha value is -7.60. The number of allylic oxidation sites excluding steroid dienone is 15. The molecule has 2 nitrogen and oxygen atoms in total. The minimum atomic E-state index is 0.353. The van der Waals surface area contributed by atoms with Crippen molar-refractivity contribution in [2.75, 3.05) is 4.90 Å². The van der Waals surface area contributed by atoms with Crippen molar-refractivity contribution in [2.24, 2.45) is 0 Å². The topological polar surface area (TPSA) is 8.17 Å². The number of rotatable bonds is 9. The molecule has 0 aliphatic heterocycles. The van der Waals surface area contributed by atoms with Crippen molar-refractivity contribution in [3.8, 4) is 22.3 Å². The van der Waals surface area contributed by atoms with Crippen LogP contribution in [0.1, 0.15) is 54.7 Å². The van der Waals surface area contributed by atoms with Gasteiger partial charge in [-0.1, -0.05) is 175 Å². The normalized spacial score (nSPS) is 16.8. The average Bonchev–Trinajstić information content (AvgIpc) is 3.68. The van der Waals surface area contributed by atoms with Gasteiger partial charge >= 0.3 is 0 Å². The largest absolute Gasteiger partial charge is 0.315 e. The molecular weight excluding hydrogens is 749 g/mol. The number of nitrogens with zero attached hydrogens (tertiary/aromatic N) is 2. The van der Waals surface area contributed by atoms with Crippen LogP contribution in [0.4, 0.5) is 5.69 Å². The number of anilines is 1. The van der Waals surface area contributed by atoms with E-state index in [2.05, 4.69) is 233 Å². The minimum absolute atomic E-state index is 0.353. The zero-order valence-electron chi connectivity index (χ0n) is 34.7. The molecule has 0 spiro atoms. The van der Waals surface area contributed by atoms with Gasteiger partial charge in [0.1, 0.15) is 0 Å². The van der Waals surface area contributed by atoms with Gasteiger partial charge in [-0.05, 0) is 119 Å². The molecule has 1 heterocycles. The predicted molar refractivity (Wildman–Crippen MR) is 262 cm³/mol. The molecule has 0 bridgehead atoms. The highest BCUT2D eigenvalue weighted by molar-refractivity contribution is 6.13. The maximum atomic E-state index is 3.34. The quantitative estimate of drug-likeness (QED) is 0.132. The SMILES string of the molecule is C1=C=CC(n2c3cc(-c4ccccc4)ccc3c3ccc(C4C=CC=CC4)cc32)=C(c2ccc(-c3ccc(N(C4=CCCC=C4)C4=CC=C(c5ccccc5)CC4)cc3)cc2)C=1. The number of hydrogen-bond acceptors (Lipinski definition) is 1. The Morgan fingerprint density at radius 3 is 1.94 bits per heavy atom. The van der Waals surface area contributed by atoms with Crippen LogP contribution >= 0.6 is 0 Å². The van der Waals surface area contributed by atoms with Crippen LogP contribution in [0.5, 0.6) is 0 Å². The van der Waals surface area contributed by atoms with E-state index in [0.29, 0.717) is 5.92 Å². The number of hydrogen-bond donors (Lipinski definition) is 0. The smallest absolute Gasteiger partial charge is 0.0630 e. The molecule has 0 saturated carbocycles. The summed E-state index contributed by atoms with van der Waals surface area (Å²) in [6.07, 6.45) is 29.9. The molecule has 4 aliphatic carbocycles. The molecule has 0 amide bonds. The second kappa shape index (κ2) is 16.5. The van der Waals surface area contributed by atoms with Gasteiger partial charge in [0.25, 0.3) is 0 Å². The highest BCUT2D eigenvalue weighted by Gasteiger charge is 2.22. The molecule has 0 radical (unpaired) electrons. The molecule has 296 valence electrons. The summed E-state index contributed by atoms with van der Waals surface area (Å²) in [5, 5.41) is 2.49. The van der Waals surface area contributed by atoms with Crippen molar-refractivity contribution in [3.05, 3.63) is 252 Å². The number of fused-ring (bicyclic) bond motifs is 3. The zero-order valence-corrected chi connectivity index (χ0v) is 34.7. The van der Waals surface area contributed by atoms with Crippen molar-refractivity contribution in [1.29, 1.82) is 0 Å². The van der Waals surface area contributed by atoms with E-state index < -0.39 is 0 Å². The van der Waals surface area contributed by atoms with Crippen LogP contribution in [0.3, 0.4) is 0 Å². The summed E-state index contributed by atoms with van der Waals surface area (Å²) in [6.45, 7) is 0. The summed E-state index contributed by atoms with van der Waals surface area (Å²) in [6, 6.07) is 53.6. The number of aromatic nitrogens is 1. The summed E-state index contributed by atoms with van der Waals surface area (Å²) in [7, 11) is 0. The lowest BCUT2D eigenvalue weighted by atomic mass is 9.92. The fourth-order valence-corrected chi connectivity index (χ4v) is 9.55. The van der Waals surface area contributed by atoms with E-state index in [4.69, 9.17) is 0 Å². The molecule has 1 unspecified atom stereocenters. The fourth-order valence-electron chi connectivity index (χ4n) is 9.55.